The third kappa shape index (κ3) is 5.09. The average Bonchev–Trinajstić information content (AvgIpc) is 3.21. The fourth-order valence-electron chi connectivity index (χ4n) is 4.80. The lowest BCUT2D eigenvalue weighted by atomic mass is 10.0. The van der Waals surface area contributed by atoms with E-state index in [2.05, 4.69) is 26.9 Å². The van der Waals surface area contributed by atoms with E-state index in [1.165, 1.54) is 18.4 Å². The van der Waals surface area contributed by atoms with E-state index in [-0.39, 0.29) is 6.10 Å². The highest BCUT2D eigenvalue weighted by molar-refractivity contribution is 6.30. The zero-order chi connectivity index (χ0) is 21.9. The predicted octanol–water partition coefficient (Wildman–Crippen LogP) is 4.53. The summed E-state index contributed by atoms with van der Waals surface area (Å²) in [5.74, 6) is 1.41. The number of para-hydroxylation sites is 1. The molecule has 1 aromatic heterocycles. The van der Waals surface area contributed by atoms with Gasteiger partial charge in [0.2, 0.25) is 0 Å². The lowest BCUT2D eigenvalue weighted by Gasteiger charge is -2.42. The van der Waals surface area contributed by atoms with Gasteiger partial charge in [0.15, 0.2) is 17.0 Å². The first-order valence-corrected chi connectivity index (χ1v) is 11.8. The van der Waals surface area contributed by atoms with Crippen LogP contribution in [0.5, 0.6) is 5.75 Å². The molecular formula is C25H30ClN3O3. The number of halogens is 1. The van der Waals surface area contributed by atoms with E-state index in [0.29, 0.717) is 18.5 Å². The minimum absolute atomic E-state index is 0.0686. The van der Waals surface area contributed by atoms with Crippen LogP contribution in [-0.2, 0) is 11.3 Å². The molecule has 0 aliphatic carbocycles. The highest BCUT2D eigenvalue weighted by Gasteiger charge is 2.29. The quantitative estimate of drug-likeness (QED) is 0.544. The van der Waals surface area contributed by atoms with Crippen molar-refractivity contribution in [3.63, 3.8) is 0 Å². The average molecular weight is 456 g/mol. The third-order valence-electron chi connectivity index (χ3n) is 6.48. The van der Waals surface area contributed by atoms with Crippen molar-refractivity contribution in [2.24, 2.45) is 0 Å². The summed E-state index contributed by atoms with van der Waals surface area (Å²) in [6.07, 6.45) is 2.45. The normalized spacial score (nSPS) is 21.2. The second-order valence-electron chi connectivity index (χ2n) is 8.77. The number of piperidine rings is 1. The number of likely N-dealkylation sites (tertiary alicyclic amines) is 1. The van der Waals surface area contributed by atoms with Gasteiger partial charge in [0.25, 0.3) is 0 Å². The molecule has 3 aromatic rings. The number of hydrogen-bond donors (Lipinski definition) is 0. The highest BCUT2D eigenvalue weighted by atomic mass is 35.5. The summed E-state index contributed by atoms with van der Waals surface area (Å²) in [7, 11) is 0. The van der Waals surface area contributed by atoms with Gasteiger partial charge in [-0.15, -0.1) is 0 Å². The van der Waals surface area contributed by atoms with Crippen LogP contribution in [0.4, 0.5) is 0 Å². The Balaban J connectivity index is 1.11. The van der Waals surface area contributed by atoms with E-state index in [1.807, 2.05) is 37.3 Å². The second kappa shape index (κ2) is 9.79. The van der Waals surface area contributed by atoms with Gasteiger partial charge in [-0.25, -0.2) is 4.98 Å². The minimum Gasteiger partial charge on any atom is -0.488 e. The minimum atomic E-state index is 0.0686. The van der Waals surface area contributed by atoms with Crippen LogP contribution < -0.4 is 4.74 Å². The molecule has 3 heterocycles. The molecule has 2 aliphatic heterocycles. The molecule has 1 atom stereocenters. The molecule has 0 N–H and O–H groups in total. The molecule has 0 bridgehead atoms. The monoisotopic (exact) mass is 455 g/mol. The number of aryl methyl sites for hydroxylation is 1. The number of morpholine rings is 1. The van der Waals surface area contributed by atoms with Crippen molar-refractivity contribution < 1.29 is 13.9 Å². The molecule has 2 aromatic carbocycles. The molecule has 2 aliphatic rings. The fourth-order valence-corrected chi connectivity index (χ4v) is 4.92. The number of rotatable bonds is 6. The van der Waals surface area contributed by atoms with Crippen LogP contribution in [0, 0.1) is 6.92 Å². The van der Waals surface area contributed by atoms with Gasteiger partial charge in [-0.1, -0.05) is 29.8 Å². The van der Waals surface area contributed by atoms with E-state index in [1.54, 1.807) is 0 Å². The first-order valence-electron chi connectivity index (χ1n) is 11.5. The number of ether oxygens (including phenoxy) is 2. The Labute approximate surface area is 194 Å². The highest BCUT2D eigenvalue weighted by Crippen LogP contribution is 2.26. The van der Waals surface area contributed by atoms with Crippen LogP contribution in [-0.4, -0.2) is 66.3 Å². The summed E-state index contributed by atoms with van der Waals surface area (Å²) in [5, 5.41) is 0.797. The van der Waals surface area contributed by atoms with Gasteiger partial charge < -0.3 is 13.9 Å². The summed E-state index contributed by atoms with van der Waals surface area (Å²) in [5.41, 5.74) is 2.87. The Bertz CT molecular complexity index is 1030. The molecule has 7 heteroatoms. The summed E-state index contributed by atoms with van der Waals surface area (Å²) in [4.78, 5) is 9.59. The largest absolute Gasteiger partial charge is 0.488 e. The van der Waals surface area contributed by atoms with Crippen LogP contribution in [0.1, 0.15) is 24.3 Å². The molecule has 0 saturated carbocycles. The Morgan fingerprint density at radius 2 is 1.91 bits per heavy atom. The molecule has 2 fully saturated rings. The molecular weight excluding hydrogens is 426 g/mol. The third-order valence-corrected chi connectivity index (χ3v) is 6.73. The van der Waals surface area contributed by atoms with Gasteiger partial charge in [-0.2, -0.15) is 0 Å². The van der Waals surface area contributed by atoms with Crippen LogP contribution in [0.25, 0.3) is 11.1 Å². The number of hydrogen-bond acceptors (Lipinski definition) is 6. The van der Waals surface area contributed by atoms with Crippen LogP contribution in [0.15, 0.2) is 46.9 Å². The summed E-state index contributed by atoms with van der Waals surface area (Å²) < 4.78 is 17.7. The zero-order valence-electron chi connectivity index (χ0n) is 18.5. The molecule has 1 unspecified atom stereocenters. The Morgan fingerprint density at radius 3 is 2.72 bits per heavy atom. The van der Waals surface area contributed by atoms with Crippen LogP contribution >= 0.6 is 11.6 Å². The summed E-state index contributed by atoms with van der Waals surface area (Å²) in [6, 6.07) is 14.6. The maximum Gasteiger partial charge on any atom is 0.192 e. The van der Waals surface area contributed by atoms with E-state index in [4.69, 9.17) is 25.5 Å². The van der Waals surface area contributed by atoms with Crippen molar-refractivity contribution >= 4 is 22.7 Å². The van der Waals surface area contributed by atoms with Crippen molar-refractivity contribution in [1.82, 2.24) is 14.8 Å². The Kier molecular flexibility index (Phi) is 6.64. The van der Waals surface area contributed by atoms with Gasteiger partial charge in [0, 0.05) is 37.6 Å². The molecule has 0 spiro atoms. The topological polar surface area (TPSA) is 51.0 Å². The number of fused-ring (bicyclic) bond motifs is 1. The van der Waals surface area contributed by atoms with Gasteiger partial charge in [0.05, 0.1) is 6.61 Å². The maximum absolute atomic E-state index is 6.11. The molecule has 170 valence electrons. The smallest absolute Gasteiger partial charge is 0.192 e. The van der Waals surface area contributed by atoms with Gasteiger partial charge in [-0.05, 0) is 55.8 Å². The SMILES string of the molecule is Cc1nc2c(OCC3CN(C4CCN(Cc5ccc(Cl)cc5)CC4)CCO3)cccc2o1. The van der Waals surface area contributed by atoms with E-state index < -0.39 is 0 Å². The van der Waals surface area contributed by atoms with Crippen molar-refractivity contribution in [1.29, 1.82) is 0 Å². The van der Waals surface area contributed by atoms with Crippen molar-refractivity contribution in [2.75, 3.05) is 39.4 Å². The molecule has 0 radical (unpaired) electrons. The summed E-state index contributed by atoms with van der Waals surface area (Å²) >= 11 is 6.01. The molecule has 32 heavy (non-hydrogen) atoms. The summed E-state index contributed by atoms with van der Waals surface area (Å²) in [6.45, 7) is 8.29. The van der Waals surface area contributed by atoms with E-state index >= 15 is 0 Å². The number of nitrogens with zero attached hydrogens (tertiary/aromatic N) is 3. The Hall–Kier alpha value is -2.12. The maximum atomic E-state index is 6.11. The van der Waals surface area contributed by atoms with Crippen molar-refractivity contribution in [3.8, 4) is 5.75 Å². The van der Waals surface area contributed by atoms with Crippen LogP contribution in [0.3, 0.4) is 0 Å². The molecule has 5 rings (SSSR count). The van der Waals surface area contributed by atoms with E-state index in [0.717, 1.165) is 61.2 Å². The number of oxazole rings is 1. The molecule has 0 amide bonds. The molecule has 6 nitrogen and oxygen atoms in total. The zero-order valence-corrected chi connectivity index (χ0v) is 19.3. The number of benzene rings is 2. The second-order valence-corrected chi connectivity index (χ2v) is 9.20. The molecule has 2 saturated heterocycles. The van der Waals surface area contributed by atoms with Gasteiger partial charge >= 0.3 is 0 Å². The fraction of sp³-hybridized carbons (Fsp3) is 0.480. The first kappa shape index (κ1) is 21.7. The number of aromatic nitrogens is 1. The Morgan fingerprint density at radius 1 is 1.09 bits per heavy atom. The van der Waals surface area contributed by atoms with Gasteiger partial charge in [-0.3, -0.25) is 9.80 Å². The standard InChI is InChI=1S/C25H30ClN3O3/c1-18-27-25-23(3-2-4-24(25)32-18)31-17-22-16-29(13-14-30-22)21-9-11-28(12-10-21)15-19-5-7-20(26)8-6-19/h2-8,21-22H,9-17H2,1H3. The van der Waals surface area contributed by atoms with Crippen molar-refractivity contribution in [3.05, 3.63) is 58.9 Å². The van der Waals surface area contributed by atoms with E-state index in [9.17, 15) is 0 Å². The lowest BCUT2D eigenvalue weighted by Crippen LogP contribution is -2.52. The lowest BCUT2D eigenvalue weighted by molar-refractivity contribution is -0.0673. The van der Waals surface area contributed by atoms with Gasteiger partial charge in [0.1, 0.15) is 18.5 Å². The van der Waals surface area contributed by atoms with Crippen molar-refractivity contribution in [2.45, 2.75) is 38.5 Å². The predicted molar refractivity (Wildman–Crippen MR) is 125 cm³/mol. The first-order chi connectivity index (χ1) is 15.6. The van der Waals surface area contributed by atoms with Crippen LogP contribution in [0.2, 0.25) is 5.02 Å².